The van der Waals surface area contributed by atoms with Gasteiger partial charge in [-0.15, -0.1) is 0 Å². The highest BCUT2D eigenvalue weighted by Gasteiger charge is 2.21. The third kappa shape index (κ3) is 4.00. The first-order chi connectivity index (χ1) is 11.6. The Kier molecular flexibility index (Phi) is 5.25. The maximum Gasteiger partial charge on any atom is 0.222 e. The lowest BCUT2D eigenvalue weighted by molar-refractivity contribution is -0.128. The largest absolute Gasteiger partial charge is 0.342 e. The lowest BCUT2D eigenvalue weighted by Crippen LogP contribution is -2.34. The second-order valence-electron chi connectivity index (χ2n) is 6.46. The molecule has 5 nitrogen and oxygen atoms in total. The molecule has 0 spiro atoms. The van der Waals surface area contributed by atoms with Crippen LogP contribution in [-0.4, -0.2) is 40.6 Å². The van der Waals surface area contributed by atoms with E-state index in [1.54, 1.807) is 18.3 Å². The predicted octanol–water partition coefficient (Wildman–Crippen LogP) is 2.56. The number of halogens is 1. The number of benzene rings is 1. The van der Waals surface area contributed by atoms with Gasteiger partial charge in [-0.3, -0.25) is 9.89 Å². The Labute approximate surface area is 141 Å². The molecule has 0 saturated carbocycles. The van der Waals surface area contributed by atoms with Crippen LogP contribution in [0.1, 0.15) is 25.3 Å². The summed E-state index contributed by atoms with van der Waals surface area (Å²) in [6, 6.07) is 6.38. The van der Waals surface area contributed by atoms with Gasteiger partial charge in [0.15, 0.2) is 0 Å². The Hall–Kier alpha value is -2.21. The molecule has 2 N–H and O–H groups in total. The number of amides is 1. The first-order valence-electron chi connectivity index (χ1n) is 8.40. The monoisotopic (exact) mass is 330 g/mol. The maximum atomic E-state index is 13.0. The molecule has 0 bridgehead atoms. The predicted molar refractivity (Wildman–Crippen MR) is 90.7 cm³/mol. The minimum Gasteiger partial charge on any atom is -0.342 e. The number of hydrogen-bond donors (Lipinski definition) is 2. The van der Waals surface area contributed by atoms with Crippen LogP contribution in [0, 0.1) is 11.7 Å². The van der Waals surface area contributed by atoms with Gasteiger partial charge in [-0.25, -0.2) is 4.39 Å². The fraction of sp³-hybridized carbons (Fsp3) is 0.444. The Morgan fingerprint density at radius 2 is 2.17 bits per heavy atom. The van der Waals surface area contributed by atoms with Crippen LogP contribution in [0.5, 0.6) is 0 Å². The van der Waals surface area contributed by atoms with Gasteiger partial charge in [0.05, 0.1) is 11.9 Å². The highest BCUT2D eigenvalue weighted by molar-refractivity contribution is 5.78. The first kappa shape index (κ1) is 16.6. The molecule has 1 fully saturated rings. The van der Waals surface area contributed by atoms with E-state index in [4.69, 9.17) is 0 Å². The second-order valence-corrected chi connectivity index (χ2v) is 6.46. The van der Waals surface area contributed by atoms with Crippen molar-refractivity contribution in [3.05, 3.63) is 41.8 Å². The van der Waals surface area contributed by atoms with Crippen molar-refractivity contribution in [1.29, 1.82) is 0 Å². The molecule has 3 rings (SSSR count). The van der Waals surface area contributed by atoms with Crippen molar-refractivity contribution >= 4 is 5.91 Å². The zero-order chi connectivity index (χ0) is 16.9. The molecule has 24 heavy (non-hydrogen) atoms. The van der Waals surface area contributed by atoms with Crippen molar-refractivity contribution in [3.8, 4) is 11.3 Å². The smallest absolute Gasteiger partial charge is 0.222 e. The molecule has 1 atom stereocenters. The van der Waals surface area contributed by atoms with Gasteiger partial charge in [0, 0.05) is 37.2 Å². The number of likely N-dealkylation sites (tertiary alicyclic amines) is 1. The highest BCUT2D eigenvalue weighted by atomic mass is 19.1. The Morgan fingerprint density at radius 1 is 1.38 bits per heavy atom. The lowest BCUT2D eigenvalue weighted by atomic mass is 10.1. The molecular weight excluding hydrogens is 307 g/mol. The zero-order valence-corrected chi connectivity index (χ0v) is 13.9. The maximum absolute atomic E-state index is 13.0. The quantitative estimate of drug-likeness (QED) is 0.820. The fourth-order valence-electron chi connectivity index (χ4n) is 3.10. The Bertz CT molecular complexity index is 683. The van der Waals surface area contributed by atoms with E-state index in [9.17, 15) is 9.18 Å². The van der Waals surface area contributed by atoms with E-state index in [-0.39, 0.29) is 11.7 Å². The number of carbonyl (C=O) groups is 1. The summed E-state index contributed by atoms with van der Waals surface area (Å²) in [5, 5.41) is 10.5. The van der Waals surface area contributed by atoms with Gasteiger partial charge in [0.2, 0.25) is 5.91 Å². The second kappa shape index (κ2) is 7.57. The van der Waals surface area contributed by atoms with Crippen LogP contribution in [-0.2, 0) is 11.3 Å². The molecule has 6 heteroatoms. The number of nitrogens with one attached hydrogen (secondary N) is 2. The summed E-state index contributed by atoms with van der Waals surface area (Å²) in [5.41, 5.74) is 2.87. The number of carbonyl (C=O) groups excluding carboxylic acids is 1. The van der Waals surface area contributed by atoms with E-state index >= 15 is 0 Å². The number of hydrogen-bond acceptors (Lipinski definition) is 3. The van der Waals surface area contributed by atoms with Gasteiger partial charge in [0.1, 0.15) is 5.82 Å². The molecule has 1 aromatic heterocycles. The molecule has 128 valence electrons. The number of H-pyrrole nitrogens is 1. The average molecular weight is 330 g/mol. The van der Waals surface area contributed by atoms with Crippen molar-refractivity contribution in [3.63, 3.8) is 0 Å². The molecule has 1 amide bonds. The van der Waals surface area contributed by atoms with Gasteiger partial charge in [0.25, 0.3) is 0 Å². The highest BCUT2D eigenvalue weighted by Crippen LogP contribution is 2.21. The van der Waals surface area contributed by atoms with Gasteiger partial charge in [-0.1, -0.05) is 6.92 Å². The Balaban J connectivity index is 1.51. The zero-order valence-electron chi connectivity index (χ0n) is 13.9. The number of nitrogens with zero attached hydrogens (tertiary/aromatic N) is 2. The number of aromatic nitrogens is 2. The summed E-state index contributed by atoms with van der Waals surface area (Å²) in [5.74, 6) is 0.423. The van der Waals surface area contributed by atoms with Crippen LogP contribution in [0.15, 0.2) is 30.5 Å². The van der Waals surface area contributed by atoms with Crippen molar-refractivity contribution in [2.45, 2.75) is 26.3 Å². The van der Waals surface area contributed by atoms with E-state index in [1.165, 1.54) is 12.1 Å². The lowest BCUT2D eigenvalue weighted by Gasteiger charge is -2.21. The molecule has 1 aliphatic rings. The van der Waals surface area contributed by atoms with Gasteiger partial charge < -0.3 is 10.2 Å². The summed E-state index contributed by atoms with van der Waals surface area (Å²) in [4.78, 5) is 13.6. The fourth-order valence-corrected chi connectivity index (χ4v) is 3.10. The van der Waals surface area contributed by atoms with Crippen molar-refractivity contribution in [1.82, 2.24) is 20.4 Å². The van der Waals surface area contributed by atoms with Gasteiger partial charge in [-0.05, 0) is 43.1 Å². The molecular formula is C18H23FN4O. The molecule has 1 aromatic carbocycles. The van der Waals surface area contributed by atoms with E-state index in [0.29, 0.717) is 18.9 Å². The van der Waals surface area contributed by atoms with Crippen LogP contribution < -0.4 is 5.32 Å². The standard InChI is InChI=1S/C18H23FN4O/c1-13(12-23-8-2-3-17(23)24)9-20-10-15-11-21-22-18(15)14-4-6-16(19)7-5-14/h4-7,11,13,20H,2-3,8-10,12H2,1H3,(H,21,22). The number of rotatable bonds is 7. The third-order valence-corrected chi connectivity index (χ3v) is 4.36. The van der Waals surface area contributed by atoms with E-state index in [2.05, 4.69) is 22.4 Å². The van der Waals surface area contributed by atoms with Crippen molar-refractivity contribution in [2.24, 2.45) is 5.92 Å². The molecule has 1 aliphatic heterocycles. The molecule has 2 heterocycles. The SMILES string of the molecule is CC(CNCc1cn[nH]c1-c1ccc(F)cc1)CN1CCCC1=O. The molecule has 1 unspecified atom stereocenters. The van der Waals surface area contributed by atoms with Gasteiger partial charge >= 0.3 is 0 Å². The normalized spacial score (nSPS) is 15.9. The topological polar surface area (TPSA) is 61.0 Å². The van der Waals surface area contributed by atoms with Gasteiger partial charge in [-0.2, -0.15) is 5.10 Å². The third-order valence-electron chi connectivity index (χ3n) is 4.36. The summed E-state index contributed by atoms with van der Waals surface area (Å²) < 4.78 is 13.0. The average Bonchev–Trinajstić information content (AvgIpc) is 3.18. The molecule has 2 aromatic rings. The summed E-state index contributed by atoms with van der Waals surface area (Å²) in [6.45, 7) is 5.36. The van der Waals surface area contributed by atoms with Crippen LogP contribution in [0.3, 0.4) is 0 Å². The summed E-state index contributed by atoms with van der Waals surface area (Å²) >= 11 is 0. The number of aromatic amines is 1. The van der Waals surface area contributed by atoms with Crippen molar-refractivity contribution < 1.29 is 9.18 Å². The Morgan fingerprint density at radius 3 is 2.88 bits per heavy atom. The summed E-state index contributed by atoms with van der Waals surface area (Å²) in [7, 11) is 0. The van der Waals surface area contributed by atoms with Crippen molar-refractivity contribution in [2.75, 3.05) is 19.6 Å². The first-order valence-corrected chi connectivity index (χ1v) is 8.40. The van der Waals surface area contributed by atoms with E-state index in [0.717, 1.165) is 42.9 Å². The van der Waals surface area contributed by atoms with E-state index in [1.807, 2.05) is 4.90 Å². The molecule has 1 saturated heterocycles. The van der Waals surface area contributed by atoms with Crippen LogP contribution >= 0.6 is 0 Å². The van der Waals surface area contributed by atoms with E-state index < -0.39 is 0 Å². The van der Waals surface area contributed by atoms with Crippen LogP contribution in [0.25, 0.3) is 11.3 Å². The minimum absolute atomic E-state index is 0.247. The summed E-state index contributed by atoms with van der Waals surface area (Å²) in [6.07, 6.45) is 3.46. The van der Waals surface area contributed by atoms with Crippen LogP contribution in [0.2, 0.25) is 0 Å². The molecule has 0 aliphatic carbocycles. The minimum atomic E-state index is -0.247. The molecule has 0 radical (unpaired) electrons. The van der Waals surface area contributed by atoms with Crippen LogP contribution in [0.4, 0.5) is 4.39 Å².